The second-order valence-corrected chi connectivity index (χ2v) is 6.28. The van der Waals surface area contributed by atoms with Crippen molar-refractivity contribution in [1.29, 1.82) is 0 Å². The second kappa shape index (κ2) is 6.21. The number of carbonyl (C=O) groups is 2. The fraction of sp³-hybridized carbons (Fsp3) is 0.385. The fourth-order valence-electron chi connectivity index (χ4n) is 2.16. The summed E-state index contributed by atoms with van der Waals surface area (Å²) in [6, 6.07) is 3.58. The van der Waals surface area contributed by atoms with Gasteiger partial charge in [0.05, 0.1) is 10.3 Å². The number of nitrogens with one attached hydrogen (secondary N) is 1. The van der Waals surface area contributed by atoms with Gasteiger partial charge in [0.15, 0.2) is 0 Å². The predicted octanol–water partition coefficient (Wildman–Crippen LogP) is 2.78. The predicted molar refractivity (Wildman–Crippen MR) is 75.3 cm³/mol. The van der Waals surface area contributed by atoms with Crippen LogP contribution < -0.4 is 5.32 Å². The van der Waals surface area contributed by atoms with Gasteiger partial charge in [0, 0.05) is 17.0 Å². The molecule has 1 aromatic heterocycles. The van der Waals surface area contributed by atoms with Crippen LogP contribution in [-0.4, -0.2) is 23.0 Å². The number of hydrogen-bond donors (Lipinski definition) is 2. The van der Waals surface area contributed by atoms with Gasteiger partial charge in [-0.1, -0.05) is 11.6 Å². The zero-order chi connectivity index (χ0) is 13.8. The number of thiophene rings is 1. The van der Waals surface area contributed by atoms with Crippen molar-refractivity contribution >= 4 is 40.9 Å². The number of rotatable bonds is 4. The van der Waals surface area contributed by atoms with Gasteiger partial charge in [-0.25, -0.2) is 0 Å². The number of carboxylic acid groups (broad SMARTS) is 1. The summed E-state index contributed by atoms with van der Waals surface area (Å²) >= 11 is 7.19. The smallest absolute Gasteiger partial charge is 0.306 e. The van der Waals surface area contributed by atoms with E-state index in [1.165, 1.54) is 17.4 Å². The van der Waals surface area contributed by atoms with E-state index in [1.807, 2.05) is 6.07 Å². The fourth-order valence-corrected chi connectivity index (χ4v) is 3.13. The maximum Gasteiger partial charge on any atom is 0.306 e. The van der Waals surface area contributed by atoms with E-state index in [0.29, 0.717) is 17.2 Å². The van der Waals surface area contributed by atoms with E-state index in [-0.39, 0.29) is 17.9 Å². The molecule has 1 heterocycles. The molecule has 1 aromatic rings. The molecule has 0 aromatic carbocycles. The van der Waals surface area contributed by atoms with Gasteiger partial charge in [0.25, 0.3) is 0 Å². The lowest BCUT2D eigenvalue weighted by Crippen LogP contribution is -2.31. The van der Waals surface area contributed by atoms with E-state index in [1.54, 1.807) is 12.1 Å². The molecule has 1 saturated carbocycles. The average molecular weight is 300 g/mol. The summed E-state index contributed by atoms with van der Waals surface area (Å²) in [5, 5.41) is 11.7. The molecule has 1 amide bonds. The van der Waals surface area contributed by atoms with E-state index in [4.69, 9.17) is 16.7 Å². The topological polar surface area (TPSA) is 66.4 Å². The maximum absolute atomic E-state index is 11.7. The molecule has 19 heavy (non-hydrogen) atoms. The Labute approximate surface area is 120 Å². The van der Waals surface area contributed by atoms with Crippen LogP contribution in [0.15, 0.2) is 18.2 Å². The Bertz CT molecular complexity index is 512. The molecule has 1 aliphatic rings. The summed E-state index contributed by atoms with van der Waals surface area (Å²) in [6.07, 6.45) is 5.03. The summed E-state index contributed by atoms with van der Waals surface area (Å²) in [7, 11) is 0. The molecule has 0 bridgehead atoms. The molecule has 2 N–H and O–H groups in total. The number of carboxylic acids is 1. The van der Waals surface area contributed by atoms with Crippen LogP contribution in [0.25, 0.3) is 6.08 Å². The molecule has 2 rings (SSSR count). The lowest BCUT2D eigenvalue weighted by Gasteiger charge is -2.10. The maximum atomic E-state index is 11.7. The van der Waals surface area contributed by atoms with Crippen molar-refractivity contribution in [3.05, 3.63) is 27.4 Å². The van der Waals surface area contributed by atoms with Crippen LogP contribution in [0.1, 0.15) is 24.1 Å². The summed E-state index contributed by atoms with van der Waals surface area (Å²) in [5.41, 5.74) is 0. The third kappa shape index (κ3) is 4.08. The van der Waals surface area contributed by atoms with Gasteiger partial charge < -0.3 is 10.4 Å². The summed E-state index contributed by atoms with van der Waals surface area (Å²) in [6.45, 7) is 0. The molecule has 4 nitrogen and oxygen atoms in total. The standard InChI is InChI=1S/C13H14ClNO3S/c14-11-5-3-10(19-11)4-6-12(16)15-9-2-1-8(7-9)13(17)18/h3-6,8-9H,1-2,7H2,(H,15,16)(H,17,18)/b6-4+/t8-,9+/m1/s1. The number of carbonyl (C=O) groups excluding carboxylic acids is 1. The van der Waals surface area contributed by atoms with Gasteiger partial charge in [-0.3, -0.25) is 9.59 Å². The Balaban J connectivity index is 1.82. The van der Waals surface area contributed by atoms with Crippen molar-refractivity contribution in [3.8, 4) is 0 Å². The normalized spacial score (nSPS) is 22.8. The minimum absolute atomic E-state index is 0.0369. The van der Waals surface area contributed by atoms with Crippen LogP contribution in [0, 0.1) is 5.92 Å². The van der Waals surface area contributed by atoms with E-state index < -0.39 is 5.97 Å². The van der Waals surface area contributed by atoms with Crippen LogP contribution in [0.4, 0.5) is 0 Å². The first kappa shape index (κ1) is 14.1. The minimum atomic E-state index is -0.777. The number of hydrogen-bond acceptors (Lipinski definition) is 3. The molecule has 2 atom stereocenters. The second-order valence-electron chi connectivity index (χ2n) is 4.53. The van der Waals surface area contributed by atoms with Crippen LogP contribution >= 0.6 is 22.9 Å². The molecule has 1 fully saturated rings. The van der Waals surface area contributed by atoms with E-state index in [2.05, 4.69) is 5.32 Å². The molecule has 102 valence electrons. The summed E-state index contributed by atoms with van der Waals surface area (Å²) in [5.74, 6) is -1.30. The quantitative estimate of drug-likeness (QED) is 0.840. The van der Waals surface area contributed by atoms with Gasteiger partial charge in [0.1, 0.15) is 0 Å². The zero-order valence-electron chi connectivity index (χ0n) is 10.1. The highest BCUT2D eigenvalue weighted by Crippen LogP contribution is 2.26. The van der Waals surface area contributed by atoms with Crippen LogP contribution in [-0.2, 0) is 9.59 Å². The molecule has 0 saturated heterocycles. The third-order valence-corrected chi connectivity index (χ3v) is 4.32. The summed E-state index contributed by atoms with van der Waals surface area (Å²) in [4.78, 5) is 23.4. The Kier molecular flexibility index (Phi) is 4.61. The lowest BCUT2D eigenvalue weighted by atomic mass is 10.1. The SMILES string of the molecule is O=C(/C=C/c1ccc(Cl)s1)N[C@H]1CC[C@@H](C(=O)O)C1. The van der Waals surface area contributed by atoms with Crippen molar-refractivity contribution in [2.45, 2.75) is 25.3 Å². The highest BCUT2D eigenvalue weighted by atomic mass is 35.5. The first-order valence-electron chi connectivity index (χ1n) is 6.01. The molecule has 0 aliphatic heterocycles. The molecule has 0 radical (unpaired) electrons. The number of halogens is 1. The van der Waals surface area contributed by atoms with Crippen molar-refractivity contribution < 1.29 is 14.7 Å². The van der Waals surface area contributed by atoms with Gasteiger partial charge in [-0.15, -0.1) is 11.3 Å². The third-order valence-electron chi connectivity index (χ3n) is 3.12. The van der Waals surface area contributed by atoms with Gasteiger partial charge in [-0.2, -0.15) is 0 Å². The summed E-state index contributed by atoms with van der Waals surface area (Å²) < 4.78 is 0.681. The highest BCUT2D eigenvalue weighted by molar-refractivity contribution is 7.17. The largest absolute Gasteiger partial charge is 0.481 e. The Morgan fingerprint density at radius 2 is 2.21 bits per heavy atom. The van der Waals surface area contributed by atoms with Crippen LogP contribution in [0.2, 0.25) is 4.34 Å². The number of aliphatic carboxylic acids is 1. The molecule has 0 spiro atoms. The monoisotopic (exact) mass is 299 g/mol. The van der Waals surface area contributed by atoms with E-state index in [0.717, 1.165) is 11.3 Å². The molecular weight excluding hydrogens is 286 g/mol. The van der Waals surface area contributed by atoms with Crippen molar-refractivity contribution in [2.24, 2.45) is 5.92 Å². The zero-order valence-corrected chi connectivity index (χ0v) is 11.7. The van der Waals surface area contributed by atoms with E-state index >= 15 is 0 Å². The Morgan fingerprint density at radius 1 is 1.42 bits per heavy atom. The minimum Gasteiger partial charge on any atom is -0.481 e. The number of amides is 1. The first-order valence-corrected chi connectivity index (χ1v) is 7.21. The highest BCUT2D eigenvalue weighted by Gasteiger charge is 2.30. The van der Waals surface area contributed by atoms with E-state index in [9.17, 15) is 9.59 Å². The van der Waals surface area contributed by atoms with Crippen LogP contribution in [0.3, 0.4) is 0 Å². The Hall–Kier alpha value is -1.33. The lowest BCUT2D eigenvalue weighted by molar-refractivity contribution is -0.141. The van der Waals surface area contributed by atoms with Gasteiger partial charge in [0.2, 0.25) is 5.91 Å². The molecule has 0 unspecified atom stereocenters. The van der Waals surface area contributed by atoms with Crippen molar-refractivity contribution in [3.63, 3.8) is 0 Å². The van der Waals surface area contributed by atoms with Crippen molar-refractivity contribution in [2.75, 3.05) is 0 Å². The van der Waals surface area contributed by atoms with Crippen molar-refractivity contribution in [1.82, 2.24) is 5.32 Å². The van der Waals surface area contributed by atoms with Gasteiger partial charge >= 0.3 is 5.97 Å². The van der Waals surface area contributed by atoms with Gasteiger partial charge in [-0.05, 0) is 37.5 Å². The Morgan fingerprint density at radius 3 is 2.79 bits per heavy atom. The molecule has 1 aliphatic carbocycles. The van der Waals surface area contributed by atoms with Crippen LogP contribution in [0.5, 0.6) is 0 Å². The average Bonchev–Trinajstić information content (AvgIpc) is 2.96. The molecule has 6 heteroatoms. The molecular formula is C13H14ClNO3S. The first-order chi connectivity index (χ1) is 9.04.